The Bertz CT molecular complexity index is 439. The van der Waals surface area contributed by atoms with Crippen molar-refractivity contribution in [2.75, 3.05) is 39.5 Å². The average Bonchev–Trinajstić information content (AvgIpc) is 2.44. The Morgan fingerprint density at radius 1 is 1.29 bits per heavy atom. The minimum atomic E-state index is 0.550. The van der Waals surface area contributed by atoms with E-state index in [0.29, 0.717) is 18.2 Å². The molecular formula is C17H27ClNO2+. The molecule has 4 heteroatoms. The second-order valence-corrected chi connectivity index (χ2v) is 6.50. The second kappa shape index (κ2) is 8.62. The zero-order chi connectivity index (χ0) is 15.1. The van der Waals surface area contributed by atoms with Gasteiger partial charge in [0.2, 0.25) is 0 Å². The Kier molecular flexibility index (Phi) is 6.81. The summed E-state index contributed by atoms with van der Waals surface area (Å²) in [6, 6.07) is 5.83. The largest absolute Gasteiger partial charge is 0.490 e. The van der Waals surface area contributed by atoms with Gasteiger partial charge in [-0.05, 0) is 37.5 Å². The summed E-state index contributed by atoms with van der Waals surface area (Å²) < 4.78 is 11.3. The number of likely N-dealkylation sites (tertiary alicyclic amines) is 1. The Hall–Kier alpha value is -0.770. The van der Waals surface area contributed by atoms with Gasteiger partial charge in [-0.15, -0.1) is 0 Å². The molecule has 0 aliphatic carbocycles. The summed E-state index contributed by atoms with van der Waals surface area (Å²) in [6.07, 6.45) is 2.74. The van der Waals surface area contributed by atoms with E-state index in [1.165, 1.54) is 25.9 Å². The van der Waals surface area contributed by atoms with Crippen molar-refractivity contribution in [3.05, 3.63) is 28.8 Å². The number of aryl methyl sites for hydroxylation is 1. The Morgan fingerprint density at radius 3 is 2.90 bits per heavy atom. The third kappa shape index (κ3) is 5.85. The third-order valence-electron chi connectivity index (χ3n) is 4.04. The molecule has 2 rings (SSSR count). The van der Waals surface area contributed by atoms with E-state index >= 15 is 0 Å². The van der Waals surface area contributed by atoms with E-state index < -0.39 is 0 Å². The van der Waals surface area contributed by atoms with E-state index in [-0.39, 0.29) is 0 Å². The maximum absolute atomic E-state index is 6.12. The lowest BCUT2D eigenvalue weighted by molar-refractivity contribution is -0.908. The molecule has 21 heavy (non-hydrogen) atoms. The Morgan fingerprint density at radius 2 is 2.14 bits per heavy atom. The van der Waals surface area contributed by atoms with Gasteiger partial charge in [0.05, 0.1) is 31.3 Å². The lowest BCUT2D eigenvalue weighted by Crippen LogP contribution is -3.14. The SMILES string of the molecule is Cc1ccc(OCCOCC[NH+]2CCC[C@@H](C)C2)c(Cl)c1. The topological polar surface area (TPSA) is 22.9 Å². The minimum absolute atomic E-state index is 0.550. The number of nitrogens with one attached hydrogen (secondary N) is 1. The molecule has 0 amide bonds. The van der Waals surface area contributed by atoms with Gasteiger partial charge >= 0.3 is 0 Å². The second-order valence-electron chi connectivity index (χ2n) is 6.10. The third-order valence-corrected chi connectivity index (χ3v) is 4.33. The van der Waals surface area contributed by atoms with Gasteiger partial charge in [-0.2, -0.15) is 0 Å². The van der Waals surface area contributed by atoms with Gasteiger partial charge in [0, 0.05) is 5.92 Å². The Labute approximate surface area is 133 Å². The summed E-state index contributed by atoms with van der Waals surface area (Å²) in [6.45, 7) is 10.0. The van der Waals surface area contributed by atoms with Gasteiger partial charge in [0.25, 0.3) is 0 Å². The van der Waals surface area contributed by atoms with E-state index in [0.717, 1.165) is 30.4 Å². The molecule has 0 aromatic heterocycles. The first-order chi connectivity index (χ1) is 10.1. The van der Waals surface area contributed by atoms with Gasteiger partial charge < -0.3 is 14.4 Å². The van der Waals surface area contributed by atoms with Crippen molar-refractivity contribution in [3.63, 3.8) is 0 Å². The van der Waals surface area contributed by atoms with Crippen LogP contribution in [0.5, 0.6) is 5.75 Å². The van der Waals surface area contributed by atoms with Crippen LogP contribution in [0.4, 0.5) is 0 Å². The number of ether oxygens (including phenoxy) is 2. The maximum atomic E-state index is 6.12. The molecule has 0 bridgehead atoms. The average molecular weight is 313 g/mol. The molecule has 118 valence electrons. The molecule has 0 spiro atoms. The van der Waals surface area contributed by atoms with Crippen LogP contribution in [0.15, 0.2) is 18.2 Å². The van der Waals surface area contributed by atoms with Crippen molar-refractivity contribution < 1.29 is 14.4 Å². The van der Waals surface area contributed by atoms with Crippen LogP contribution in [0.25, 0.3) is 0 Å². The molecule has 1 heterocycles. The fourth-order valence-corrected chi connectivity index (χ4v) is 3.17. The van der Waals surface area contributed by atoms with Crippen LogP contribution >= 0.6 is 11.6 Å². The molecule has 1 fully saturated rings. The maximum Gasteiger partial charge on any atom is 0.138 e. The monoisotopic (exact) mass is 312 g/mol. The number of hydrogen-bond donors (Lipinski definition) is 1. The standard InChI is InChI=1S/C17H26ClNO2/c1-14-5-6-17(16(18)12-14)21-11-10-20-9-8-19-7-3-4-15(2)13-19/h5-6,12,15H,3-4,7-11,13H2,1-2H3/p+1/t15-/m1/s1. The predicted molar refractivity (Wildman–Crippen MR) is 86.5 cm³/mol. The quantitative estimate of drug-likeness (QED) is 0.781. The van der Waals surface area contributed by atoms with Gasteiger partial charge in [-0.1, -0.05) is 24.6 Å². The first kappa shape index (κ1) is 16.6. The zero-order valence-corrected chi connectivity index (χ0v) is 13.9. The molecule has 1 aromatic carbocycles. The van der Waals surface area contributed by atoms with E-state index in [2.05, 4.69) is 6.92 Å². The van der Waals surface area contributed by atoms with Gasteiger partial charge in [0.1, 0.15) is 18.9 Å². The highest BCUT2D eigenvalue weighted by atomic mass is 35.5. The summed E-state index contributed by atoms with van der Waals surface area (Å²) in [5, 5.41) is 0.668. The highest BCUT2D eigenvalue weighted by Crippen LogP contribution is 2.24. The molecule has 3 nitrogen and oxygen atoms in total. The van der Waals surface area contributed by atoms with Crippen molar-refractivity contribution >= 4 is 11.6 Å². The molecule has 0 radical (unpaired) electrons. The van der Waals surface area contributed by atoms with Gasteiger partial charge in [-0.25, -0.2) is 0 Å². The number of rotatable bonds is 7. The highest BCUT2D eigenvalue weighted by Gasteiger charge is 2.18. The zero-order valence-electron chi connectivity index (χ0n) is 13.2. The molecule has 1 aliphatic heterocycles. The van der Waals surface area contributed by atoms with Crippen molar-refractivity contribution in [3.8, 4) is 5.75 Å². The van der Waals surface area contributed by atoms with Crippen molar-refractivity contribution in [2.45, 2.75) is 26.7 Å². The van der Waals surface area contributed by atoms with Crippen LogP contribution in [0.3, 0.4) is 0 Å². The van der Waals surface area contributed by atoms with E-state index in [9.17, 15) is 0 Å². The molecule has 1 aromatic rings. The van der Waals surface area contributed by atoms with Crippen molar-refractivity contribution in [2.24, 2.45) is 5.92 Å². The highest BCUT2D eigenvalue weighted by molar-refractivity contribution is 6.32. The molecule has 1 unspecified atom stereocenters. The van der Waals surface area contributed by atoms with Crippen LogP contribution in [-0.2, 0) is 4.74 Å². The van der Waals surface area contributed by atoms with Gasteiger partial charge in [-0.3, -0.25) is 0 Å². The minimum Gasteiger partial charge on any atom is -0.490 e. The number of benzene rings is 1. The lowest BCUT2D eigenvalue weighted by atomic mass is 10.0. The van der Waals surface area contributed by atoms with Crippen LogP contribution < -0.4 is 9.64 Å². The number of quaternary nitrogens is 1. The molecule has 1 saturated heterocycles. The predicted octanol–water partition coefficient (Wildman–Crippen LogP) is 2.36. The lowest BCUT2D eigenvalue weighted by Gasteiger charge is -2.27. The van der Waals surface area contributed by atoms with E-state index in [1.807, 2.05) is 25.1 Å². The normalized spacial score (nSPS) is 22.2. The van der Waals surface area contributed by atoms with E-state index in [4.69, 9.17) is 21.1 Å². The smallest absolute Gasteiger partial charge is 0.138 e. The van der Waals surface area contributed by atoms with Crippen LogP contribution in [0.2, 0.25) is 5.02 Å². The summed E-state index contributed by atoms with van der Waals surface area (Å²) in [5.41, 5.74) is 1.14. The summed E-state index contributed by atoms with van der Waals surface area (Å²) in [7, 11) is 0. The van der Waals surface area contributed by atoms with E-state index in [1.54, 1.807) is 4.90 Å². The molecule has 2 atom stereocenters. The first-order valence-corrected chi connectivity index (χ1v) is 8.33. The fraction of sp³-hybridized carbons (Fsp3) is 0.647. The molecular weight excluding hydrogens is 286 g/mol. The fourth-order valence-electron chi connectivity index (χ4n) is 2.88. The summed E-state index contributed by atoms with van der Waals surface area (Å²) in [5.74, 6) is 1.60. The number of hydrogen-bond acceptors (Lipinski definition) is 2. The van der Waals surface area contributed by atoms with Crippen LogP contribution in [-0.4, -0.2) is 39.5 Å². The van der Waals surface area contributed by atoms with Gasteiger partial charge in [0.15, 0.2) is 0 Å². The van der Waals surface area contributed by atoms with Crippen LogP contribution in [0.1, 0.15) is 25.3 Å². The van der Waals surface area contributed by atoms with Crippen molar-refractivity contribution in [1.82, 2.24) is 0 Å². The van der Waals surface area contributed by atoms with Crippen molar-refractivity contribution in [1.29, 1.82) is 0 Å². The van der Waals surface area contributed by atoms with Crippen LogP contribution in [0, 0.1) is 12.8 Å². The molecule has 1 aliphatic rings. The molecule has 1 N–H and O–H groups in total. The Balaban J connectivity index is 1.55. The molecule has 0 saturated carbocycles. The summed E-state index contributed by atoms with van der Waals surface area (Å²) in [4.78, 5) is 1.68. The summed E-state index contributed by atoms with van der Waals surface area (Å²) >= 11 is 6.12. The first-order valence-electron chi connectivity index (χ1n) is 7.95. The number of piperidine rings is 1. The number of halogens is 1.